The van der Waals surface area contributed by atoms with E-state index in [9.17, 15) is 0 Å². The largest absolute Gasteiger partial charge is 0.360 e. The molecule has 0 aromatic heterocycles. The predicted octanol–water partition coefficient (Wildman–Crippen LogP) is 2.99. The molecule has 2 heteroatoms. The Morgan fingerprint density at radius 2 is 2.42 bits per heavy atom. The average Bonchev–Trinajstić information content (AvgIpc) is 2.05. The molecule has 0 radical (unpaired) electrons. The Kier molecular flexibility index (Phi) is 3.89. The average molecular weight is 184 g/mol. The summed E-state index contributed by atoms with van der Waals surface area (Å²) in [5.41, 5.74) is 1.26. The summed E-state index contributed by atoms with van der Waals surface area (Å²) >= 11 is 1.84. The second-order valence-corrected chi connectivity index (χ2v) is 4.18. The lowest BCUT2D eigenvalue weighted by molar-refractivity contribution is 0.0569. The van der Waals surface area contributed by atoms with Crippen molar-refractivity contribution in [2.24, 2.45) is 0 Å². The van der Waals surface area contributed by atoms with E-state index >= 15 is 0 Å². The molecule has 0 aromatic carbocycles. The van der Waals surface area contributed by atoms with Gasteiger partial charge in [0.05, 0.1) is 6.10 Å². The van der Waals surface area contributed by atoms with Crippen LogP contribution in [-0.4, -0.2) is 17.3 Å². The highest BCUT2D eigenvalue weighted by Gasteiger charge is 2.20. The molecule has 0 aromatic rings. The van der Waals surface area contributed by atoms with E-state index in [4.69, 9.17) is 4.74 Å². The fraction of sp³-hybridized carbons (Fsp3) is 0.600. The first kappa shape index (κ1) is 9.87. The maximum Gasteiger partial charge on any atom is 0.128 e. The molecule has 0 spiro atoms. The van der Waals surface area contributed by atoms with Crippen molar-refractivity contribution in [3.63, 3.8) is 0 Å². The third-order valence-corrected chi connectivity index (χ3v) is 3.02. The van der Waals surface area contributed by atoms with Crippen molar-refractivity contribution >= 4 is 11.8 Å². The fourth-order valence-corrected chi connectivity index (χ4v) is 2.39. The molecular weight excluding hydrogens is 168 g/mol. The van der Waals surface area contributed by atoms with Gasteiger partial charge in [0.25, 0.3) is 0 Å². The van der Waals surface area contributed by atoms with Gasteiger partial charge >= 0.3 is 0 Å². The van der Waals surface area contributed by atoms with Gasteiger partial charge in [0.15, 0.2) is 0 Å². The molecule has 1 saturated heterocycles. The minimum Gasteiger partial charge on any atom is -0.360 e. The van der Waals surface area contributed by atoms with E-state index in [-0.39, 0.29) is 5.44 Å². The quantitative estimate of drug-likeness (QED) is 0.610. The van der Waals surface area contributed by atoms with Crippen LogP contribution in [0.3, 0.4) is 0 Å². The van der Waals surface area contributed by atoms with E-state index in [0.29, 0.717) is 6.10 Å². The van der Waals surface area contributed by atoms with Crippen molar-refractivity contribution in [2.75, 3.05) is 5.75 Å². The summed E-state index contributed by atoms with van der Waals surface area (Å²) in [6, 6.07) is 0. The van der Waals surface area contributed by atoms with Gasteiger partial charge in [-0.3, -0.25) is 0 Å². The van der Waals surface area contributed by atoms with Gasteiger partial charge < -0.3 is 4.74 Å². The van der Waals surface area contributed by atoms with Crippen LogP contribution in [0.15, 0.2) is 24.3 Å². The zero-order valence-corrected chi connectivity index (χ0v) is 8.56. The Labute approximate surface area is 78.9 Å². The van der Waals surface area contributed by atoms with Gasteiger partial charge in [-0.1, -0.05) is 18.7 Å². The molecule has 0 bridgehead atoms. The van der Waals surface area contributed by atoms with E-state index in [0.717, 1.165) is 12.0 Å². The summed E-state index contributed by atoms with van der Waals surface area (Å²) < 4.78 is 5.71. The van der Waals surface area contributed by atoms with Gasteiger partial charge in [0.2, 0.25) is 0 Å². The molecular formula is C10H16OS. The smallest absolute Gasteiger partial charge is 0.128 e. The first-order valence-corrected chi connectivity index (χ1v) is 5.37. The maximum absolute atomic E-state index is 5.71. The third kappa shape index (κ3) is 2.68. The molecule has 12 heavy (non-hydrogen) atoms. The number of hydrogen-bond donors (Lipinski definition) is 0. The molecule has 68 valence electrons. The lowest BCUT2D eigenvalue weighted by atomic mass is 10.2. The van der Waals surface area contributed by atoms with Crippen LogP contribution in [0.2, 0.25) is 0 Å². The Morgan fingerprint density at radius 1 is 1.67 bits per heavy atom. The first-order valence-electron chi connectivity index (χ1n) is 4.32. The van der Waals surface area contributed by atoms with Crippen LogP contribution < -0.4 is 0 Å². The minimum absolute atomic E-state index is 0.185. The monoisotopic (exact) mass is 184 g/mol. The molecule has 1 aliphatic rings. The molecule has 1 heterocycles. The number of hydrogen-bond acceptors (Lipinski definition) is 2. The highest BCUT2D eigenvalue weighted by Crippen LogP contribution is 2.28. The van der Waals surface area contributed by atoms with Crippen molar-refractivity contribution in [3.05, 3.63) is 24.3 Å². The van der Waals surface area contributed by atoms with Crippen LogP contribution in [0.5, 0.6) is 0 Å². The van der Waals surface area contributed by atoms with Crippen LogP contribution in [0.4, 0.5) is 0 Å². The Hall–Kier alpha value is -0.210. The van der Waals surface area contributed by atoms with Crippen LogP contribution in [0, 0.1) is 0 Å². The topological polar surface area (TPSA) is 9.23 Å². The summed E-state index contributed by atoms with van der Waals surface area (Å²) in [6.45, 7) is 8.09. The fourth-order valence-electron chi connectivity index (χ4n) is 1.15. The van der Waals surface area contributed by atoms with Crippen LogP contribution in [-0.2, 0) is 4.74 Å². The molecule has 0 aliphatic carbocycles. The van der Waals surface area contributed by atoms with Crippen LogP contribution in [0.25, 0.3) is 0 Å². The normalized spacial score (nSPS) is 30.8. The van der Waals surface area contributed by atoms with Crippen LogP contribution >= 0.6 is 11.8 Å². The number of ether oxygens (including phenoxy) is 1. The number of thioether (sulfide) groups is 1. The molecule has 0 N–H and O–H groups in total. The highest BCUT2D eigenvalue weighted by atomic mass is 32.2. The lowest BCUT2D eigenvalue weighted by Gasteiger charge is -2.27. The zero-order chi connectivity index (χ0) is 8.97. The van der Waals surface area contributed by atoms with Crippen molar-refractivity contribution in [1.82, 2.24) is 0 Å². The van der Waals surface area contributed by atoms with E-state index in [1.165, 1.54) is 5.75 Å². The van der Waals surface area contributed by atoms with Crippen molar-refractivity contribution in [1.29, 1.82) is 0 Å². The Morgan fingerprint density at radius 3 is 3.00 bits per heavy atom. The molecule has 1 fully saturated rings. The van der Waals surface area contributed by atoms with Crippen molar-refractivity contribution in [2.45, 2.75) is 31.8 Å². The zero-order valence-electron chi connectivity index (χ0n) is 7.75. The second-order valence-electron chi connectivity index (χ2n) is 3.01. The van der Waals surface area contributed by atoms with Crippen molar-refractivity contribution < 1.29 is 4.74 Å². The summed E-state index contributed by atoms with van der Waals surface area (Å²) in [5.74, 6) is 1.18. The number of allylic oxidation sites excluding steroid dienone is 1. The van der Waals surface area contributed by atoms with Gasteiger partial charge in [-0.25, -0.2) is 0 Å². The third-order valence-electron chi connectivity index (χ3n) is 1.83. The molecule has 1 rings (SSSR count). The van der Waals surface area contributed by atoms with Crippen LogP contribution in [0.1, 0.15) is 20.3 Å². The Balaban J connectivity index is 2.45. The van der Waals surface area contributed by atoms with Gasteiger partial charge in [-0.05, 0) is 31.6 Å². The van der Waals surface area contributed by atoms with Gasteiger partial charge in [0, 0.05) is 0 Å². The molecule has 1 aliphatic heterocycles. The second kappa shape index (κ2) is 4.73. The van der Waals surface area contributed by atoms with E-state index in [1.54, 1.807) is 0 Å². The van der Waals surface area contributed by atoms with Gasteiger partial charge in [-0.2, -0.15) is 0 Å². The van der Waals surface area contributed by atoms with Gasteiger partial charge in [-0.15, -0.1) is 11.8 Å². The lowest BCUT2D eigenvalue weighted by Crippen LogP contribution is -2.24. The molecule has 1 nitrogen and oxygen atoms in total. The molecule has 0 saturated carbocycles. The maximum atomic E-state index is 5.71. The minimum atomic E-state index is 0.185. The predicted molar refractivity (Wildman–Crippen MR) is 55.4 cm³/mol. The SMILES string of the molecule is C=C(/C=C/C)C1O[C@@H](C)CCS1. The van der Waals surface area contributed by atoms with E-state index < -0.39 is 0 Å². The van der Waals surface area contributed by atoms with Gasteiger partial charge in [0.1, 0.15) is 5.44 Å². The first-order chi connectivity index (χ1) is 5.74. The summed E-state index contributed by atoms with van der Waals surface area (Å²) in [6.07, 6.45) is 5.57. The highest BCUT2D eigenvalue weighted by molar-refractivity contribution is 8.00. The molecule has 1 unspecified atom stereocenters. The summed E-state index contributed by atoms with van der Waals surface area (Å²) in [5, 5.41) is 0. The summed E-state index contributed by atoms with van der Waals surface area (Å²) in [7, 11) is 0. The standard InChI is InChI=1S/C10H16OS/c1-4-5-8(2)10-11-9(3)6-7-12-10/h4-5,9-10H,2,6-7H2,1,3H3/b5-4+/t9-,10?/m0/s1. The van der Waals surface area contributed by atoms with E-state index in [1.807, 2.05) is 30.8 Å². The van der Waals surface area contributed by atoms with Crippen molar-refractivity contribution in [3.8, 4) is 0 Å². The molecule has 2 atom stereocenters. The molecule has 0 amide bonds. The summed E-state index contributed by atoms with van der Waals surface area (Å²) in [4.78, 5) is 0. The number of rotatable bonds is 2. The van der Waals surface area contributed by atoms with E-state index in [2.05, 4.69) is 13.5 Å². The Bertz CT molecular complexity index is 186.